The summed E-state index contributed by atoms with van der Waals surface area (Å²) in [6, 6.07) is 29.6. The maximum atomic E-state index is 13.3. The zero-order valence-electron chi connectivity index (χ0n) is 22.6. The Morgan fingerprint density at radius 2 is 1.27 bits per heavy atom. The van der Waals surface area contributed by atoms with E-state index in [4.69, 9.17) is 9.72 Å². The molecule has 0 fully saturated rings. The maximum Gasteiger partial charge on any atom is 0.332 e. The molecule has 5 aromatic rings. The summed E-state index contributed by atoms with van der Waals surface area (Å²) in [5.41, 5.74) is 2.53. The van der Waals surface area contributed by atoms with Crippen LogP contribution in [-0.2, 0) is 56.4 Å². The van der Waals surface area contributed by atoms with Gasteiger partial charge in [0.05, 0.1) is 6.54 Å². The molecule has 0 N–H and O–H groups in total. The quantitative estimate of drug-likeness (QED) is 0.254. The number of aryl methyl sites for hydroxylation is 1. The predicted molar refractivity (Wildman–Crippen MR) is 152 cm³/mol. The molecule has 9 heteroatoms. The molecule has 0 unspecified atom stereocenters. The third-order valence-electron chi connectivity index (χ3n) is 6.82. The van der Waals surface area contributed by atoms with Gasteiger partial charge in [0.2, 0.25) is 0 Å². The molecule has 0 radical (unpaired) electrons. The van der Waals surface area contributed by atoms with Crippen molar-refractivity contribution in [3.05, 3.63) is 134 Å². The predicted octanol–water partition coefficient (Wildman–Crippen LogP) is 3.38. The molecule has 0 saturated carbocycles. The Morgan fingerprint density at radius 1 is 0.750 bits per heavy atom. The Kier molecular flexibility index (Phi) is 8.02. The van der Waals surface area contributed by atoms with Crippen molar-refractivity contribution in [3.8, 4) is 0 Å². The largest absolute Gasteiger partial charge is 0.459 e. The lowest BCUT2D eigenvalue weighted by Crippen LogP contribution is -2.37. The van der Waals surface area contributed by atoms with Gasteiger partial charge in [-0.25, -0.2) is 9.78 Å². The molecule has 0 aliphatic rings. The van der Waals surface area contributed by atoms with E-state index in [-0.39, 0.29) is 24.3 Å². The van der Waals surface area contributed by atoms with Gasteiger partial charge in [-0.3, -0.25) is 23.6 Å². The van der Waals surface area contributed by atoms with Gasteiger partial charge in [0, 0.05) is 27.2 Å². The van der Waals surface area contributed by atoms with Crippen molar-refractivity contribution in [3.63, 3.8) is 0 Å². The van der Waals surface area contributed by atoms with Crippen molar-refractivity contribution in [1.29, 1.82) is 0 Å². The highest BCUT2D eigenvalue weighted by Crippen LogP contribution is 2.18. The molecule has 0 aliphatic carbocycles. The van der Waals surface area contributed by atoms with E-state index in [1.54, 1.807) is 11.6 Å². The van der Waals surface area contributed by atoms with Crippen LogP contribution < -0.4 is 11.2 Å². The Labute approximate surface area is 231 Å². The maximum absolute atomic E-state index is 13.3. The van der Waals surface area contributed by atoms with E-state index in [9.17, 15) is 14.4 Å². The molecule has 0 bridgehead atoms. The Morgan fingerprint density at radius 3 is 1.82 bits per heavy atom. The van der Waals surface area contributed by atoms with E-state index >= 15 is 0 Å². The summed E-state index contributed by atoms with van der Waals surface area (Å²) in [6.45, 7) is 1.48. The van der Waals surface area contributed by atoms with Gasteiger partial charge in [-0.2, -0.15) is 0 Å². The summed E-state index contributed by atoms with van der Waals surface area (Å²) in [5.74, 6) is -0.00481. The third-order valence-corrected chi connectivity index (χ3v) is 6.82. The Bertz CT molecular complexity index is 1680. The first-order valence-electron chi connectivity index (χ1n) is 13.1. The van der Waals surface area contributed by atoms with Gasteiger partial charge in [0.15, 0.2) is 11.2 Å². The first-order chi connectivity index (χ1) is 19.4. The molecule has 204 valence electrons. The van der Waals surface area contributed by atoms with Crippen molar-refractivity contribution in [2.45, 2.75) is 32.8 Å². The van der Waals surface area contributed by atoms with Crippen LogP contribution >= 0.6 is 0 Å². The van der Waals surface area contributed by atoms with Gasteiger partial charge in [-0.05, 0) is 16.7 Å². The van der Waals surface area contributed by atoms with Crippen LogP contribution in [0.2, 0.25) is 0 Å². The number of aromatic nitrogens is 4. The molecular formula is C31H31N5O4. The lowest BCUT2D eigenvalue weighted by Gasteiger charge is -2.23. The molecule has 0 spiro atoms. The van der Waals surface area contributed by atoms with Gasteiger partial charge in [0.1, 0.15) is 19.0 Å². The summed E-state index contributed by atoms with van der Waals surface area (Å²) in [5, 5.41) is 0. The summed E-state index contributed by atoms with van der Waals surface area (Å²) in [4.78, 5) is 45.9. The number of imidazole rings is 1. The standard InChI is InChI=1S/C31H31N5O4/c1-33-29-28(30(38)34(2)31(33)39)36(21-27(37)40-22-25-16-10-5-11-17-25)26(32-29)20-35(18-23-12-6-3-7-13-23)19-24-14-8-4-9-15-24/h3-17H,18-22H2,1-2H3. The van der Waals surface area contributed by atoms with Crippen LogP contribution in [0.15, 0.2) is 101 Å². The Balaban J connectivity index is 1.52. The van der Waals surface area contributed by atoms with Crippen molar-refractivity contribution in [2.75, 3.05) is 0 Å². The van der Waals surface area contributed by atoms with Crippen LogP contribution in [0.4, 0.5) is 0 Å². The lowest BCUT2D eigenvalue weighted by atomic mass is 10.1. The highest BCUT2D eigenvalue weighted by molar-refractivity contribution is 5.76. The summed E-state index contributed by atoms with van der Waals surface area (Å²) >= 11 is 0. The molecule has 5 rings (SSSR count). The minimum absolute atomic E-state index is 0.117. The van der Waals surface area contributed by atoms with E-state index in [0.717, 1.165) is 21.3 Å². The fraction of sp³-hybridized carbons (Fsp3) is 0.226. The molecule has 0 saturated heterocycles. The number of ether oxygens (including phenoxy) is 1. The van der Waals surface area contributed by atoms with E-state index in [2.05, 4.69) is 29.2 Å². The zero-order valence-corrected chi connectivity index (χ0v) is 22.6. The van der Waals surface area contributed by atoms with Crippen LogP contribution in [0.1, 0.15) is 22.5 Å². The van der Waals surface area contributed by atoms with E-state index < -0.39 is 17.2 Å². The molecule has 40 heavy (non-hydrogen) atoms. The number of nitrogens with zero attached hydrogens (tertiary/aromatic N) is 5. The van der Waals surface area contributed by atoms with Gasteiger partial charge in [0.25, 0.3) is 5.56 Å². The molecule has 0 amide bonds. The highest BCUT2D eigenvalue weighted by Gasteiger charge is 2.23. The number of carbonyl (C=O) groups excluding carboxylic acids is 1. The minimum Gasteiger partial charge on any atom is -0.459 e. The monoisotopic (exact) mass is 537 g/mol. The van der Waals surface area contributed by atoms with Crippen molar-refractivity contribution in [2.24, 2.45) is 14.1 Å². The van der Waals surface area contributed by atoms with E-state index in [1.807, 2.05) is 66.7 Å². The van der Waals surface area contributed by atoms with Crippen LogP contribution in [-0.4, -0.2) is 29.6 Å². The normalized spacial score (nSPS) is 11.3. The number of rotatable bonds is 10. The number of hydrogen-bond donors (Lipinski definition) is 0. The average Bonchev–Trinajstić information content (AvgIpc) is 3.33. The highest BCUT2D eigenvalue weighted by atomic mass is 16.5. The fourth-order valence-corrected chi connectivity index (χ4v) is 4.75. The smallest absolute Gasteiger partial charge is 0.332 e. The van der Waals surface area contributed by atoms with Crippen LogP contribution in [0.3, 0.4) is 0 Å². The Hall–Kier alpha value is -4.76. The van der Waals surface area contributed by atoms with Crippen molar-refractivity contribution < 1.29 is 9.53 Å². The fourth-order valence-electron chi connectivity index (χ4n) is 4.75. The van der Waals surface area contributed by atoms with Crippen LogP contribution in [0.25, 0.3) is 11.2 Å². The number of carbonyl (C=O) groups is 1. The van der Waals surface area contributed by atoms with E-state index in [0.29, 0.717) is 25.5 Å². The second-order valence-corrected chi connectivity index (χ2v) is 9.75. The molecule has 9 nitrogen and oxygen atoms in total. The second-order valence-electron chi connectivity index (χ2n) is 9.75. The third kappa shape index (κ3) is 5.94. The van der Waals surface area contributed by atoms with E-state index in [1.165, 1.54) is 11.6 Å². The minimum atomic E-state index is -0.509. The molecule has 0 atom stereocenters. The van der Waals surface area contributed by atoms with Crippen LogP contribution in [0.5, 0.6) is 0 Å². The van der Waals surface area contributed by atoms with Gasteiger partial charge < -0.3 is 9.30 Å². The average molecular weight is 538 g/mol. The van der Waals surface area contributed by atoms with Crippen molar-refractivity contribution in [1.82, 2.24) is 23.6 Å². The molecular weight excluding hydrogens is 506 g/mol. The number of esters is 1. The van der Waals surface area contributed by atoms with Crippen molar-refractivity contribution >= 4 is 17.1 Å². The topological polar surface area (TPSA) is 91.4 Å². The molecule has 2 heterocycles. The van der Waals surface area contributed by atoms with Crippen LogP contribution in [0, 0.1) is 0 Å². The summed E-state index contributed by atoms with van der Waals surface area (Å²) in [7, 11) is 3.00. The second kappa shape index (κ2) is 12.0. The SMILES string of the molecule is Cn1c(=O)c2c(nc(CN(Cc3ccccc3)Cc3ccccc3)n2CC(=O)OCc2ccccc2)n(C)c1=O. The summed E-state index contributed by atoms with van der Waals surface area (Å²) in [6.07, 6.45) is 0. The molecule has 3 aromatic carbocycles. The number of benzene rings is 3. The van der Waals surface area contributed by atoms with Gasteiger partial charge >= 0.3 is 11.7 Å². The van der Waals surface area contributed by atoms with Gasteiger partial charge in [-0.15, -0.1) is 0 Å². The number of hydrogen-bond acceptors (Lipinski definition) is 6. The number of fused-ring (bicyclic) bond motifs is 1. The zero-order chi connectivity index (χ0) is 28.1. The lowest BCUT2D eigenvalue weighted by molar-refractivity contribution is -0.145. The molecule has 0 aliphatic heterocycles. The first kappa shape index (κ1) is 26.8. The first-order valence-corrected chi connectivity index (χ1v) is 13.1. The summed E-state index contributed by atoms with van der Waals surface area (Å²) < 4.78 is 9.51. The molecule has 2 aromatic heterocycles. The van der Waals surface area contributed by atoms with Gasteiger partial charge in [-0.1, -0.05) is 91.0 Å².